The van der Waals surface area contributed by atoms with Crippen molar-refractivity contribution in [3.05, 3.63) is 46.7 Å². The maximum atomic E-state index is 11.2. The third-order valence-corrected chi connectivity index (χ3v) is 2.91. The van der Waals surface area contributed by atoms with Crippen molar-refractivity contribution in [2.75, 3.05) is 0 Å². The Bertz CT molecular complexity index is 558. The largest absolute Gasteiger partial charge is 0.478 e. The molecule has 0 fully saturated rings. The van der Waals surface area contributed by atoms with Crippen LogP contribution < -0.4 is 0 Å². The summed E-state index contributed by atoms with van der Waals surface area (Å²) in [6.45, 7) is 1.88. The lowest BCUT2D eigenvalue weighted by Crippen LogP contribution is -2.00. The molecule has 1 aromatic carbocycles. The summed E-state index contributed by atoms with van der Waals surface area (Å²) in [6.07, 6.45) is 2.08. The van der Waals surface area contributed by atoms with Crippen molar-refractivity contribution in [2.24, 2.45) is 0 Å². The number of benzene rings is 1. The third kappa shape index (κ3) is 2.06. The summed E-state index contributed by atoms with van der Waals surface area (Å²) >= 11 is 6.03. The second kappa shape index (κ2) is 4.63. The molecule has 3 nitrogen and oxygen atoms in total. The molecule has 2 aromatic rings. The van der Waals surface area contributed by atoms with E-state index in [1.54, 1.807) is 24.3 Å². The van der Waals surface area contributed by atoms with Gasteiger partial charge in [-0.3, -0.25) is 0 Å². The molecule has 17 heavy (non-hydrogen) atoms. The lowest BCUT2D eigenvalue weighted by atomic mass is 10.0. The Morgan fingerprint density at radius 1 is 1.41 bits per heavy atom. The van der Waals surface area contributed by atoms with E-state index in [0.29, 0.717) is 28.3 Å². The number of halogens is 1. The molecule has 2 rings (SSSR count). The van der Waals surface area contributed by atoms with E-state index in [1.807, 2.05) is 6.92 Å². The van der Waals surface area contributed by atoms with Crippen LogP contribution >= 0.6 is 11.6 Å². The minimum atomic E-state index is -0.995. The molecule has 0 aliphatic carbocycles. The lowest BCUT2D eigenvalue weighted by Gasteiger charge is -2.02. The Kier molecular flexibility index (Phi) is 3.20. The molecule has 0 aliphatic heterocycles. The maximum absolute atomic E-state index is 11.2. The molecule has 0 radical (unpaired) electrons. The first kappa shape index (κ1) is 11.7. The van der Waals surface area contributed by atoms with Crippen LogP contribution in [-0.4, -0.2) is 11.1 Å². The van der Waals surface area contributed by atoms with Crippen molar-refractivity contribution in [2.45, 2.75) is 13.3 Å². The Morgan fingerprint density at radius 2 is 2.12 bits per heavy atom. The average Bonchev–Trinajstić information content (AvgIpc) is 2.73. The fourth-order valence-corrected chi connectivity index (χ4v) is 1.95. The number of carboxylic acid groups (broad SMARTS) is 1. The summed E-state index contributed by atoms with van der Waals surface area (Å²) in [6, 6.07) is 7.03. The molecule has 88 valence electrons. The topological polar surface area (TPSA) is 50.4 Å². The zero-order chi connectivity index (χ0) is 12.4. The first-order chi connectivity index (χ1) is 8.15. The van der Waals surface area contributed by atoms with Gasteiger partial charge in [0, 0.05) is 11.1 Å². The SMILES string of the molecule is CCc1coc(-c2ccccc2Cl)c1C(=O)O. The van der Waals surface area contributed by atoms with E-state index >= 15 is 0 Å². The van der Waals surface area contributed by atoms with E-state index in [-0.39, 0.29) is 5.56 Å². The first-order valence-electron chi connectivity index (χ1n) is 5.23. The van der Waals surface area contributed by atoms with Gasteiger partial charge in [0.05, 0.1) is 11.3 Å². The standard InChI is InChI=1S/C13H11ClO3/c1-2-8-7-17-12(11(8)13(15)16)9-5-3-4-6-10(9)14/h3-7H,2H2,1H3,(H,15,16). The van der Waals surface area contributed by atoms with Gasteiger partial charge in [0.1, 0.15) is 11.3 Å². The molecule has 0 unspecified atom stereocenters. The summed E-state index contributed by atoms with van der Waals surface area (Å²) in [4.78, 5) is 11.2. The minimum Gasteiger partial charge on any atom is -0.478 e. The van der Waals surface area contributed by atoms with E-state index in [4.69, 9.17) is 16.0 Å². The van der Waals surface area contributed by atoms with Gasteiger partial charge >= 0.3 is 5.97 Å². The van der Waals surface area contributed by atoms with Crippen LogP contribution in [-0.2, 0) is 6.42 Å². The van der Waals surface area contributed by atoms with Gasteiger partial charge in [-0.05, 0) is 18.6 Å². The Hall–Kier alpha value is -1.74. The highest BCUT2D eigenvalue weighted by atomic mass is 35.5. The summed E-state index contributed by atoms with van der Waals surface area (Å²) in [5.41, 5.74) is 1.47. The fourth-order valence-electron chi connectivity index (χ4n) is 1.73. The lowest BCUT2D eigenvalue weighted by molar-refractivity contribution is 0.0696. The zero-order valence-corrected chi connectivity index (χ0v) is 9.99. The van der Waals surface area contributed by atoms with Crippen molar-refractivity contribution < 1.29 is 14.3 Å². The van der Waals surface area contributed by atoms with Crippen LogP contribution in [0.4, 0.5) is 0 Å². The Morgan fingerprint density at radius 3 is 2.71 bits per heavy atom. The van der Waals surface area contributed by atoms with Gasteiger partial charge in [-0.2, -0.15) is 0 Å². The predicted octanol–water partition coefficient (Wildman–Crippen LogP) is 3.86. The number of aromatic carboxylic acids is 1. The Labute approximate surface area is 104 Å². The van der Waals surface area contributed by atoms with E-state index in [9.17, 15) is 9.90 Å². The van der Waals surface area contributed by atoms with Gasteiger partial charge < -0.3 is 9.52 Å². The molecular weight excluding hydrogens is 240 g/mol. The third-order valence-electron chi connectivity index (χ3n) is 2.58. The number of carbonyl (C=O) groups is 1. The van der Waals surface area contributed by atoms with E-state index < -0.39 is 5.97 Å². The molecule has 0 bridgehead atoms. The Balaban J connectivity index is 2.64. The van der Waals surface area contributed by atoms with Gasteiger partial charge in [0.2, 0.25) is 0 Å². The molecule has 0 aliphatic rings. The monoisotopic (exact) mass is 250 g/mol. The number of rotatable bonds is 3. The zero-order valence-electron chi connectivity index (χ0n) is 9.24. The van der Waals surface area contributed by atoms with Crippen molar-refractivity contribution >= 4 is 17.6 Å². The van der Waals surface area contributed by atoms with Crippen molar-refractivity contribution in [1.29, 1.82) is 0 Å². The second-order valence-electron chi connectivity index (χ2n) is 3.60. The summed E-state index contributed by atoms with van der Waals surface area (Å²) in [7, 11) is 0. The normalized spacial score (nSPS) is 10.5. The molecule has 0 amide bonds. The summed E-state index contributed by atoms with van der Waals surface area (Å²) < 4.78 is 5.35. The van der Waals surface area contributed by atoms with Crippen LogP contribution in [0.1, 0.15) is 22.8 Å². The van der Waals surface area contributed by atoms with Crippen molar-refractivity contribution in [1.82, 2.24) is 0 Å². The van der Waals surface area contributed by atoms with Crippen molar-refractivity contribution in [3.8, 4) is 11.3 Å². The molecule has 0 atom stereocenters. The average molecular weight is 251 g/mol. The first-order valence-corrected chi connectivity index (χ1v) is 5.61. The molecule has 1 aromatic heterocycles. The van der Waals surface area contributed by atoms with E-state index in [0.717, 1.165) is 0 Å². The highest BCUT2D eigenvalue weighted by Gasteiger charge is 2.21. The molecular formula is C13H11ClO3. The highest BCUT2D eigenvalue weighted by Crippen LogP contribution is 2.33. The van der Waals surface area contributed by atoms with E-state index in [1.165, 1.54) is 6.26 Å². The van der Waals surface area contributed by atoms with Crippen molar-refractivity contribution in [3.63, 3.8) is 0 Å². The smallest absolute Gasteiger partial charge is 0.339 e. The minimum absolute atomic E-state index is 0.195. The van der Waals surface area contributed by atoms with Crippen LogP contribution in [0.3, 0.4) is 0 Å². The summed E-state index contributed by atoms with van der Waals surface area (Å²) in [5, 5.41) is 9.69. The number of carboxylic acids is 1. The van der Waals surface area contributed by atoms with Gasteiger partial charge in [0.15, 0.2) is 0 Å². The van der Waals surface area contributed by atoms with Crippen LogP contribution in [0.2, 0.25) is 5.02 Å². The van der Waals surface area contributed by atoms with Gasteiger partial charge in [-0.25, -0.2) is 4.79 Å². The second-order valence-corrected chi connectivity index (χ2v) is 4.01. The quantitative estimate of drug-likeness (QED) is 0.900. The number of hydrogen-bond donors (Lipinski definition) is 1. The van der Waals surface area contributed by atoms with Crippen LogP contribution in [0.5, 0.6) is 0 Å². The molecule has 0 spiro atoms. The number of aryl methyl sites for hydroxylation is 1. The van der Waals surface area contributed by atoms with Crippen LogP contribution in [0, 0.1) is 0 Å². The maximum Gasteiger partial charge on any atom is 0.339 e. The number of furan rings is 1. The predicted molar refractivity (Wildman–Crippen MR) is 65.5 cm³/mol. The van der Waals surface area contributed by atoms with Gasteiger partial charge in [-0.1, -0.05) is 30.7 Å². The molecule has 1 N–H and O–H groups in total. The highest BCUT2D eigenvalue weighted by molar-refractivity contribution is 6.33. The van der Waals surface area contributed by atoms with Crippen LogP contribution in [0.15, 0.2) is 34.9 Å². The fraction of sp³-hybridized carbons (Fsp3) is 0.154. The van der Waals surface area contributed by atoms with Gasteiger partial charge in [0.25, 0.3) is 0 Å². The number of hydrogen-bond acceptors (Lipinski definition) is 2. The van der Waals surface area contributed by atoms with E-state index in [2.05, 4.69) is 0 Å². The van der Waals surface area contributed by atoms with Gasteiger partial charge in [-0.15, -0.1) is 0 Å². The molecule has 1 heterocycles. The molecule has 0 saturated heterocycles. The summed E-state index contributed by atoms with van der Waals surface area (Å²) in [5.74, 6) is -0.675. The van der Waals surface area contributed by atoms with Crippen LogP contribution in [0.25, 0.3) is 11.3 Å². The molecule has 4 heteroatoms. The molecule has 0 saturated carbocycles.